The van der Waals surface area contributed by atoms with Crippen LogP contribution in [0.15, 0.2) is 18.2 Å². The van der Waals surface area contributed by atoms with Crippen LogP contribution in [0, 0.1) is 17.8 Å². The topological polar surface area (TPSA) is 46.6 Å². The first-order chi connectivity index (χ1) is 10.9. The number of terminal acetylenes is 1. The zero-order valence-corrected chi connectivity index (χ0v) is 13.9. The van der Waals surface area contributed by atoms with Crippen LogP contribution in [-0.4, -0.2) is 24.6 Å². The molecule has 0 saturated heterocycles. The number of halogens is 4. The number of carbonyl (C=O) groups is 2. The summed E-state index contributed by atoms with van der Waals surface area (Å²) in [6.45, 7) is 5.14. The summed E-state index contributed by atoms with van der Waals surface area (Å²) in [6.07, 6.45) is 0.772. The van der Waals surface area contributed by atoms with Gasteiger partial charge in [0.25, 0.3) is 0 Å². The van der Waals surface area contributed by atoms with E-state index in [4.69, 9.17) is 18.0 Å². The predicted octanol–water partition coefficient (Wildman–Crippen LogP) is 3.82. The highest BCUT2D eigenvalue weighted by molar-refractivity contribution is 6.32. The number of carbonyl (C=O) groups excluding carboxylic acids is 2. The molecule has 0 fully saturated rings. The summed E-state index contributed by atoms with van der Waals surface area (Å²) in [5.41, 5.74) is -0.577. The van der Waals surface area contributed by atoms with E-state index in [1.165, 1.54) is 6.07 Å². The molecule has 1 atom stereocenters. The Hall–Kier alpha value is -2.20. The number of aldehydes is 1. The Bertz CT molecular complexity index is 675. The van der Waals surface area contributed by atoms with Crippen LogP contribution in [0.3, 0.4) is 0 Å². The molecule has 1 aromatic carbocycles. The van der Waals surface area contributed by atoms with Crippen LogP contribution in [0.25, 0.3) is 0 Å². The van der Waals surface area contributed by atoms with E-state index in [0.717, 1.165) is 17.0 Å². The molecule has 0 aromatic heterocycles. The fourth-order valence-electron chi connectivity index (χ4n) is 1.97. The van der Waals surface area contributed by atoms with Gasteiger partial charge in [-0.2, -0.15) is 0 Å². The average Bonchev–Trinajstić information content (AvgIpc) is 2.43. The number of ether oxygens (including phenoxy) is 1. The summed E-state index contributed by atoms with van der Waals surface area (Å²) in [6, 6.07) is 2.27. The molecule has 1 unspecified atom stereocenters. The molecule has 0 aliphatic rings. The third kappa shape index (κ3) is 4.90. The van der Waals surface area contributed by atoms with E-state index in [0.29, 0.717) is 6.29 Å². The third-order valence-corrected chi connectivity index (χ3v) is 3.35. The fourth-order valence-corrected chi connectivity index (χ4v) is 2.19. The summed E-state index contributed by atoms with van der Waals surface area (Å²) in [5.74, 6) is 0.454. The lowest BCUT2D eigenvalue weighted by Crippen LogP contribution is -2.48. The standard InChI is InChI=1S/C16H15ClF3NO3/c1-5-14(23)21(13(9-22)15(2,3)4)10-6-7-12(11(17)8-10)24-16(18,19)20/h1,6-9,13H,2-4H3. The molecule has 0 saturated carbocycles. The lowest BCUT2D eigenvalue weighted by Gasteiger charge is -2.35. The molecule has 0 aliphatic heterocycles. The molecule has 0 heterocycles. The summed E-state index contributed by atoms with van der Waals surface area (Å²) >= 11 is 5.79. The fraction of sp³-hybridized carbons (Fsp3) is 0.375. The van der Waals surface area contributed by atoms with Crippen LogP contribution in [0.4, 0.5) is 18.9 Å². The van der Waals surface area contributed by atoms with E-state index in [1.807, 2.05) is 5.92 Å². The molecule has 1 aromatic rings. The molecule has 0 aliphatic carbocycles. The van der Waals surface area contributed by atoms with Crippen molar-refractivity contribution in [1.82, 2.24) is 0 Å². The second-order valence-corrected chi connectivity index (χ2v) is 6.34. The maximum Gasteiger partial charge on any atom is 0.573 e. The SMILES string of the molecule is C#CC(=O)N(c1ccc(OC(F)(F)F)c(Cl)c1)C(C=O)C(C)(C)C. The maximum atomic E-state index is 12.3. The Morgan fingerprint density at radius 1 is 1.38 bits per heavy atom. The van der Waals surface area contributed by atoms with Crippen LogP contribution < -0.4 is 9.64 Å². The Kier molecular flexibility index (Phi) is 5.90. The highest BCUT2D eigenvalue weighted by Crippen LogP contribution is 2.35. The first-order valence-electron chi connectivity index (χ1n) is 6.71. The molecule has 0 bridgehead atoms. The predicted molar refractivity (Wildman–Crippen MR) is 83.8 cm³/mol. The highest BCUT2D eigenvalue weighted by Gasteiger charge is 2.35. The van der Waals surface area contributed by atoms with Crippen molar-refractivity contribution in [3.63, 3.8) is 0 Å². The molecular weight excluding hydrogens is 347 g/mol. The maximum absolute atomic E-state index is 12.3. The van der Waals surface area contributed by atoms with Crippen molar-refractivity contribution in [2.24, 2.45) is 5.41 Å². The number of nitrogens with zero attached hydrogens (tertiary/aromatic N) is 1. The largest absolute Gasteiger partial charge is 0.573 e. The van der Waals surface area contributed by atoms with Gasteiger partial charge in [-0.25, -0.2) is 0 Å². The number of benzene rings is 1. The van der Waals surface area contributed by atoms with Gasteiger partial charge >= 0.3 is 12.3 Å². The summed E-state index contributed by atoms with van der Waals surface area (Å²) in [7, 11) is 0. The van der Waals surface area contributed by atoms with E-state index in [1.54, 1.807) is 20.8 Å². The van der Waals surface area contributed by atoms with Crippen LogP contribution in [0.5, 0.6) is 5.75 Å². The molecule has 24 heavy (non-hydrogen) atoms. The smallest absolute Gasteiger partial charge is 0.404 e. The zero-order valence-electron chi connectivity index (χ0n) is 13.1. The minimum Gasteiger partial charge on any atom is -0.404 e. The number of rotatable bonds is 4. The number of anilines is 1. The molecule has 8 heteroatoms. The molecule has 0 N–H and O–H groups in total. The van der Waals surface area contributed by atoms with Gasteiger partial charge in [-0.05, 0) is 29.5 Å². The van der Waals surface area contributed by atoms with Crippen molar-refractivity contribution in [2.45, 2.75) is 33.2 Å². The van der Waals surface area contributed by atoms with Gasteiger partial charge in [0.05, 0.1) is 11.1 Å². The van der Waals surface area contributed by atoms with Gasteiger partial charge in [0.1, 0.15) is 12.0 Å². The Morgan fingerprint density at radius 2 is 1.96 bits per heavy atom. The van der Waals surface area contributed by atoms with Crippen LogP contribution in [0.1, 0.15) is 20.8 Å². The van der Waals surface area contributed by atoms with Crippen LogP contribution in [-0.2, 0) is 9.59 Å². The Balaban J connectivity index is 3.36. The number of alkyl halides is 3. The lowest BCUT2D eigenvalue weighted by molar-refractivity contribution is -0.274. The van der Waals surface area contributed by atoms with Gasteiger partial charge in [0.15, 0.2) is 0 Å². The quantitative estimate of drug-likeness (QED) is 0.605. The second-order valence-electron chi connectivity index (χ2n) is 5.93. The molecule has 1 amide bonds. The normalized spacial score (nSPS) is 12.9. The molecule has 130 valence electrons. The molecule has 4 nitrogen and oxygen atoms in total. The number of amides is 1. The van der Waals surface area contributed by atoms with Crippen molar-refractivity contribution in [3.05, 3.63) is 23.2 Å². The Morgan fingerprint density at radius 3 is 2.33 bits per heavy atom. The third-order valence-electron chi connectivity index (χ3n) is 3.06. The molecule has 1 rings (SSSR count). The summed E-state index contributed by atoms with van der Waals surface area (Å²) in [4.78, 5) is 24.5. The number of hydrogen-bond acceptors (Lipinski definition) is 3. The first-order valence-corrected chi connectivity index (χ1v) is 7.09. The van der Waals surface area contributed by atoms with Crippen molar-refractivity contribution < 1.29 is 27.5 Å². The van der Waals surface area contributed by atoms with Gasteiger partial charge < -0.3 is 9.53 Å². The minimum absolute atomic E-state index is 0.0875. The summed E-state index contributed by atoms with van der Waals surface area (Å²) < 4.78 is 40.6. The van der Waals surface area contributed by atoms with Gasteiger partial charge in [0, 0.05) is 5.69 Å². The molecule has 0 spiro atoms. The monoisotopic (exact) mass is 361 g/mol. The van der Waals surface area contributed by atoms with Crippen molar-refractivity contribution in [1.29, 1.82) is 0 Å². The molecular formula is C16H15ClF3NO3. The lowest BCUT2D eigenvalue weighted by atomic mass is 9.86. The highest BCUT2D eigenvalue weighted by atomic mass is 35.5. The van der Waals surface area contributed by atoms with Crippen LogP contribution >= 0.6 is 11.6 Å². The van der Waals surface area contributed by atoms with Crippen molar-refractivity contribution in [2.75, 3.05) is 4.90 Å². The Labute approximate surface area is 142 Å². The van der Waals surface area contributed by atoms with Gasteiger partial charge in [-0.3, -0.25) is 9.69 Å². The van der Waals surface area contributed by atoms with E-state index < -0.39 is 29.5 Å². The van der Waals surface area contributed by atoms with Crippen LogP contribution in [0.2, 0.25) is 5.02 Å². The zero-order chi connectivity index (χ0) is 18.7. The average molecular weight is 362 g/mol. The van der Waals surface area contributed by atoms with Crippen molar-refractivity contribution in [3.8, 4) is 18.1 Å². The van der Waals surface area contributed by atoms with Gasteiger partial charge in [-0.15, -0.1) is 19.6 Å². The van der Waals surface area contributed by atoms with Gasteiger partial charge in [0.2, 0.25) is 0 Å². The van der Waals surface area contributed by atoms with Gasteiger partial charge in [-0.1, -0.05) is 32.4 Å². The van der Waals surface area contributed by atoms with E-state index in [2.05, 4.69) is 4.74 Å². The molecule has 0 radical (unpaired) electrons. The van der Waals surface area contributed by atoms with E-state index in [9.17, 15) is 22.8 Å². The summed E-state index contributed by atoms with van der Waals surface area (Å²) in [5, 5.41) is -0.377. The van der Waals surface area contributed by atoms with E-state index >= 15 is 0 Å². The number of hydrogen-bond donors (Lipinski definition) is 0. The van der Waals surface area contributed by atoms with Crippen molar-refractivity contribution >= 4 is 29.5 Å². The minimum atomic E-state index is -4.91. The van der Waals surface area contributed by atoms with E-state index in [-0.39, 0.29) is 10.7 Å². The second kappa shape index (κ2) is 7.14. The first kappa shape index (κ1) is 19.8.